The molecule has 1 unspecified atom stereocenters. The number of nitrogens with zero attached hydrogens (tertiary/aromatic N) is 1. The van der Waals surface area contributed by atoms with Gasteiger partial charge in [0, 0.05) is 5.56 Å². The molecule has 0 saturated carbocycles. The van der Waals surface area contributed by atoms with Gasteiger partial charge in [-0.2, -0.15) is 5.10 Å². The minimum absolute atomic E-state index is 0.126. The number of hydrogen-bond donors (Lipinski definition) is 1. The Morgan fingerprint density at radius 3 is 2.72 bits per heavy atom. The average Bonchev–Trinajstić information content (AvgIpc) is 2.67. The summed E-state index contributed by atoms with van der Waals surface area (Å²) in [4.78, 5) is 12.2. The molecule has 130 valence electrons. The molecule has 25 heavy (non-hydrogen) atoms. The zero-order chi connectivity index (χ0) is 17.6. The van der Waals surface area contributed by atoms with Crippen LogP contribution in [0, 0.1) is 0 Å². The third-order valence-corrected chi connectivity index (χ3v) is 3.61. The molecular weight excluding hydrogens is 324 g/mol. The third kappa shape index (κ3) is 3.65. The molecule has 0 bridgehead atoms. The lowest BCUT2D eigenvalue weighted by molar-refractivity contribution is -0.130. The molecule has 1 aliphatic heterocycles. The second kappa shape index (κ2) is 7.57. The summed E-state index contributed by atoms with van der Waals surface area (Å²) in [7, 11) is 3.09. The van der Waals surface area contributed by atoms with Gasteiger partial charge >= 0.3 is 0 Å². The normalized spacial score (nSPS) is 15.7. The van der Waals surface area contributed by atoms with Crippen molar-refractivity contribution in [1.29, 1.82) is 0 Å². The molecule has 1 amide bonds. The van der Waals surface area contributed by atoms with Crippen LogP contribution in [-0.2, 0) is 4.79 Å². The van der Waals surface area contributed by atoms with E-state index in [0.717, 1.165) is 0 Å². The van der Waals surface area contributed by atoms with Gasteiger partial charge in [-0.05, 0) is 24.3 Å². The second-order valence-corrected chi connectivity index (χ2v) is 5.18. The molecule has 0 saturated heterocycles. The van der Waals surface area contributed by atoms with E-state index in [1.165, 1.54) is 6.21 Å². The van der Waals surface area contributed by atoms with Crippen LogP contribution in [0.3, 0.4) is 0 Å². The molecule has 3 rings (SSSR count). The molecule has 7 heteroatoms. The molecule has 2 aromatic carbocycles. The Bertz CT molecular complexity index is 791. The van der Waals surface area contributed by atoms with Gasteiger partial charge in [0.15, 0.2) is 23.0 Å². The quantitative estimate of drug-likeness (QED) is 0.664. The fourth-order valence-electron chi connectivity index (χ4n) is 2.40. The van der Waals surface area contributed by atoms with E-state index in [1.807, 2.05) is 12.1 Å². The highest BCUT2D eigenvalue weighted by Gasteiger charge is 2.27. The van der Waals surface area contributed by atoms with E-state index < -0.39 is 12.0 Å². The average molecular weight is 342 g/mol. The van der Waals surface area contributed by atoms with Crippen LogP contribution in [0.25, 0.3) is 0 Å². The molecule has 0 fully saturated rings. The van der Waals surface area contributed by atoms with Crippen LogP contribution in [0.4, 0.5) is 0 Å². The lowest BCUT2D eigenvalue weighted by Crippen LogP contribution is -2.42. The maximum Gasteiger partial charge on any atom is 0.284 e. The fourth-order valence-corrected chi connectivity index (χ4v) is 2.40. The van der Waals surface area contributed by atoms with E-state index in [2.05, 4.69) is 10.5 Å². The van der Waals surface area contributed by atoms with Gasteiger partial charge in [0.25, 0.3) is 5.91 Å². The summed E-state index contributed by atoms with van der Waals surface area (Å²) >= 11 is 0. The number of nitrogens with one attached hydrogen (secondary N) is 1. The van der Waals surface area contributed by atoms with E-state index in [-0.39, 0.29) is 6.61 Å². The van der Waals surface area contributed by atoms with E-state index >= 15 is 0 Å². The topological polar surface area (TPSA) is 78.4 Å². The van der Waals surface area contributed by atoms with Gasteiger partial charge in [0.2, 0.25) is 6.10 Å². The molecule has 1 N–H and O–H groups in total. The summed E-state index contributed by atoms with van der Waals surface area (Å²) in [5.74, 6) is 1.88. The van der Waals surface area contributed by atoms with Crippen LogP contribution >= 0.6 is 0 Å². The molecule has 0 spiro atoms. The first-order chi connectivity index (χ1) is 12.2. The SMILES string of the molecule is COc1cccc(C=NNC(=O)C2COc3ccccc3O2)c1OC. The number of carbonyl (C=O) groups excluding carboxylic acids is 1. The highest BCUT2D eigenvalue weighted by atomic mass is 16.6. The number of fused-ring (bicyclic) bond motifs is 1. The maximum atomic E-state index is 12.2. The van der Waals surface area contributed by atoms with Gasteiger partial charge in [-0.1, -0.05) is 18.2 Å². The summed E-state index contributed by atoms with van der Waals surface area (Å²) in [5, 5.41) is 3.96. The number of benzene rings is 2. The van der Waals surface area contributed by atoms with Gasteiger partial charge in [-0.15, -0.1) is 0 Å². The molecule has 0 radical (unpaired) electrons. The Morgan fingerprint density at radius 1 is 1.16 bits per heavy atom. The predicted molar refractivity (Wildman–Crippen MR) is 91.6 cm³/mol. The van der Waals surface area contributed by atoms with Crippen molar-refractivity contribution in [1.82, 2.24) is 5.43 Å². The van der Waals surface area contributed by atoms with Gasteiger partial charge in [-0.25, -0.2) is 5.43 Å². The summed E-state index contributed by atoms with van der Waals surface area (Å²) in [6.07, 6.45) is 0.718. The highest BCUT2D eigenvalue weighted by molar-refractivity contribution is 5.87. The first kappa shape index (κ1) is 16.6. The van der Waals surface area contributed by atoms with Crippen molar-refractivity contribution in [2.24, 2.45) is 5.10 Å². The largest absolute Gasteiger partial charge is 0.493 e. The van der Waals surface area contributed by atoms with Crippen molar-refractivity contribution in [2.45, 2.75) is 6.10 Å². The van der Waals surface area contributed by atoms with Crippen molar-refractivity contribution in [3.63, 3.8) is 0 Å². The van der Waals surface area contributed by atoms with Crippen LogP contribution in [0.5, 0.6) is 23.0 Å². The maximum absolute atomic E-state index is 12.2. The predicted octanol–water partition coefficient (Wildman–Crippen LogP) is 1.99. The van der Waals surface area contributed by atoms with Gasteiger partial charge in [0.1, 0.15) is 6.61 Å². The van der Waals surface area contributed by atoms with E-state index in [1.54, 1.807) is 44.6 Å². The number of rotatable bonds is 5. The fraction of sp³-hybridized carbons (Fsp3) is 0.222. The monoisotopic (exact) mass is 342 g/mol. The zero-order valence-electron chi connectivity index (χ0n) is 13.9. The minimum Gasteiger partial charge on any atom is -0.493 e. The number of methoxy groups -OCH3 is 2. The Hall–Kier alpha value is -3.22. The van der Waals surface area contributed by atoms with Crippen LogP contribution in [0.15, 0.2) is 47.6 Å². The Balaban J connectivity index is 1.64. The van der Waals surface area contributed by atoms with Crippen LogP contribution in [0.1, 0.15) is 5.56 Å². The smallest absolute Gasteiger partial charge is 0.284 e. The van der Waals surface area contributed by atoms with Gasteiger partial charge in [0.05, 0.1) is 20.4 Å². The summed E-state index contributed by atoms with van der Waals surface area (Å²) in [6.45, 7) is 0.126. The van der Waals surface area contributed by atoms with Crippen molar-refractivity contribution in [3.05, 3.63) is 48.0 Å². The lowest BCUT2D eigenvalue weighted by Gasteiger charge is -2.24. The van der Waals surface area contributed by atoms with E-state index in [0.29, 0.717) is 28.6 Å². The molecule has 1 aliphatic rings. The molecule has 0 aliphatic carbocycles. The number of carbonyl (C=O) groups is 1. The zero-order valence-corrected chi connectivity index (χ0v) is 13.9. The van der Waals surface area contributed by atoms with E-state index in [4.69, 9.17) is 18.9 Å². The number of hydrazone groups is 1. The van der Waals surface area contributed by atoms with Gasteiger partial charge in [-0.3, -0.25) is 4.79 Å². The standard InChI is InChI=1S/C18H18N2O5/c1-22-15-9-5-6-12(17(15)23-2)10-19-20-18(21)16-11-24-13-7-3-4-8-14(13)25-16/h3-10,16H,11H2,1-2H3,(H,20,21). The summed E-state index contributed by atoms with van der Waals surface area (Å²) in [6, 6.07) is 12.6. The van der Waals surface area contributed by atoms with Gasteiger partial charge < -0.3 is 18.9 Å². The van der Waals surface area contributed by atoms with Crippen LogP contribution in [0.2, 0.25) is 0 Å². The number of para-hydroxylation sites is 3. The van der Waals surface area contributed by atoms with Crippen molar-refractivity contribution in [3.8, 4) is 23.0 Å². The summed E-state index contributed by atoms with van der Waals surface area (Å²) < 4.78 is 21.7. The molecule has 0 aromatic heterocycles. The summed E-state index contributed by atoms with van der Waals surface area (Å²) in [5.41, 5.74) is 3.12. The number of hydrogen-bond acceptors (Lipinski definition) is 6. The van der Waals surface area contributed by atoms with Crippen molar-refractivity contribution in [2.75, 3.05) is 20.8 Å². The number of amides is 1. The molecule has 7 nitrogen and oxygen atoms in total. The third-order valence-electron chi connectivity index (χ3n) is 3.61. The first-order valence-electron chi connectivity index (χ1n) is 7.65. The Kier molecular flexibility index (Phi) is 5.03. The first-order valence-corrected chi connectivity index (χ1v) is 7.65. The molecule has 1 atom stereocenters. The van der Waals surface area contributed by atoms with Crippen LogP contribution < -0.4 is 24.4 Å². The Labute approximate surface area is 145 Å². The Morgan fingerprint density at radius 2 is 1.96 bits per heavy atom. The van der Waals surface area contributed by atoms with Crippen molar-refractivity contribution >= 4 is 12.1 Å². The second-order valence-electron chi connectivity index (χ2n) is 5.18. The minimum atomic E-state index is -0.765. The molecule has 2 aromatic rings. The van der Waals surface area contributed by atoms with Crippen LogP contribution in [-0.4, -0.2) is 39.1 Å². The van der Waals surface area contributed by atoms with Crippen molar-refractivity contribution < 1.29 is 23.7 Å². The number of ether oxygens (including phenoxy) is 4. The highest BCUT2D eigenvalue weighted by Crippen LogP contribution is 2.31. The molecular formula is C18H18N2O5. The lowest BCUT2D eigenvalue weighted by atomic mass is 10.2. The van der Waals surface area contributed by atoms with E-state index in [9.17, 15) is 4.79 Å². The molecule has 1 heterocycles.